The molecule has 0 fully saturated rings. The van der Waals surface area contributed by atoms with Crippen LogP contribution in [0.3, 0.4) is 0 Å². The van der Waals surface area contributed by atoms with Crippen molar-refractivity contribution in [3.05, 3.63) is 35.4 Å². The van der Waals surface area contributed by atoms with Crippen LogP contribution in [0.25, 0.3) is 0 Å². The molecule has 3 N–H and O–H groups in total. The van der Waals surface area contributed by atoms with Gasteiger partial charge in [-0.2, -0.15) is 0 Å². The number of carbonyl (C=O) groups is 1. The largest absolute Gasteiger partial charge is 0.294 e. The molecule has 0 saturated heterocycles. The predicted octanol–water partition coefficient (Wildman–Crippen LogP) is 1.09. The molecule has 1 rings (SSSR count). The van der Waals surface area contributed by atoms with Gasteiger partial charge in [-0.25, -0.2) is 5.84 Å². The van der Waals surface area contributed by atoms with E-state index in [1.54, 1.807) is 0 Å². The second-order valence-electron chi connectivity index (χ2n) is 3.14. The van der Waals surface area contributed by atoms with Gasteiger partial charge in [-0.15, -0.1) is 0 Å². The quantitative estimate of drug-likeness (QED) is 0.404. The number of nitrogens with two attached hydrogens (primary N) is 1. The van der Waals surface area contributed by atoms with E-state index in [9.17, 15) is 4.79 Å². The summed E-state index contributed by atoms with van der Waals surface area (Å²) in [4.78, 5) is 11.2. The fourth-order valence-electron chi connectivity index (χ4n) is 1.22. The van der Waals surface area contributed by atoms with E-state index in [-0.39, 0.29) is 11.8 Å². The highest BCUT2D eigenvalue weighted by atomic mass is 16.2. The molecule has 0 bridgehead atoms. The first-order valence-electron chi connectivity index (χ1n) is 4.22. The number of carbonyl (C=O) groups excluding carboxylic acids is 1. The molecule has 3 heteroatoms. The Kier molecular flexibility index (Phi) is 3.03. The molecule has 3 nitrogen and oxygen atoms in total. The van der Waals surface area contributed by atoms with E-state index in [4.69, 9.17) is 5.84 Å². The molecule has 1 aromatic carbocycles. The third kappa shape index (κ3) is 2.29. The van der Waals surface area contributed by atoms with Crippen LogP contribution >= 0.6 is 0 Å². The topological polar surface area (TPSA) is 55.1 Å². The number of benzene rings is 1. The normalized spacial score (nSPS) is 12.2. The summed E-state index contributed by atoms with van der Waals surface area (Å²) in [5, 5.41) is 0. The monoisotopic (exact) mass is 178 g/mol. The van der Waals surface area contributed by atoms with Gasteiger partial charge in [0.25, 0.3) is 0 Å². The summed E-state index contributed by atoms with van der Waals surface area (Å²) >= 11 is 0. The maximum absolute atomic E-state index is 11.2. The summed E-state index contributed by atoms with van der Waals surface area (Å²) in [7, 11) is 0. The van der Waals surface area contributed by atoms with Gasteiger partial charge in [0.05, 0.1) is 5.92 Å². The van der Waals surface area contributed by atoms with Crippen molar-refractivity contribution in [2.24, 2.45) is 5.84 Å². The van der Waals surface area contributed by atoms with E-state index < -0.39 is 0 Å². The standard InChI is InChI=1S/C10H14N2O/c1-7-4-3-5-9(6-7)8(2)10(13)12-11/h3-6,8H,11H2,1-2H3,(H,12,13). The summed E-state index contributed by atoms with van der Waals surface area (Å²) < 4.78 is 0. The second kappa shape index (κ2) is 4.05. The molecule has 1 atom stereocenters. The predicted molar refractivity (Wildman–Crippen MR) is 51.9 cm³/mol. The fourth-order valence-corrected chi connectivity index (χ4v) is 1.22. The van der Waals surface area contributed by atoms with Crippen molar-refractivity contribution in [3.63, 3.8) is 0 Å². The van der Waals surface area contributed by atoms with Gasteiger partial charge in [0.2, 0.25) is 5.91 Å². The number of hydrazine groups is 1. The van der Waals surface area contributed by atoms with Crippen LogP contribution in [0.2, 0.25) is 0 Å². The summed E-state index contributed by atoms with van der Waals surface area (Å²) in [6.07, 6.45) is 0. The van der Waals surface area contributed by atoms with Crippen LogP contribution in [0.15, 0.2) is 24.3 Å². The Hall–Kier alpha value is -1.35. The van der Waals surface area contributed by atoms with E-state index in [1.807, 2.05) is 38.1 Å². The first-order valence-corrected chi connectivity index (χ1v) is 4.22. The molecule has 0 aliphatic rings. The minimum absolute atomic E-state index is 0.161. The maximum Gasteiger partial charge on any atom is 0.241 e. The molecule has 0 radical (unpaired) electrons. The Morgan fingerprint density at radius 3 is 2.77 bits per heavy atom. The molecule has 13 heavy (non-hydrogen) atoms. The summed E-state index contributed by atoms with van der Waals surface area (Å²) in [5.41, 5.74) is 4.28. The van der Waals surface area contributed by atoms with Crippen molar-refractivity contribution < 1.29 is 4.79 Å². The number of hydrogen-bond acceptors (Lipinski definition) is 2. The molecule has 1 aromatic rings. The van der Waals surface area contributed by atoms with Crippen LogP contribution in [0.4, 0.5) is 0 Å². The maximum atomic E-state index is 11.2. The SMILES string of the molecule is Cc1cccc(C(C)C(=O)NN)c1. The van der Waals surface area contributed by atoms with Crippen LogP contribution in [-0.2, 0) is 4.79 Å². The highest BCUT2D eigenvalue weighted by molar-refractivity contribution is 5.82. The fraction of sp³-hybridized carbons (Fsp3) is 0.300. The van der Waals surface area contributed by atoms with Crippen LogP contribution in [0, 0.1) is 6.92 Å². The lowest BCUT2D eigenvalue weighted by Gasteiger charge is -2.10. The molecule has 0 saturated carbocycles. The molecule has 0 aromatic heterocycles. The van der Waals surface area contributed by atoms with Crippen molar-refractivity contribution in [2.45, 2.75) is 19.8 Å². The van der Waals surface area contributed by atoms with Gasteiger partial charge in [-0.1, -0.05) is 29.8 Å². The summed E-state index contributed by atoms with van der Waals surface area (Å²) in [5.74, 6) is 4.70. The Bertz CT molecular complexity index is 310. The Morgan fingerprint density at radius 1 is 1.54 bits per heavy atom. The minimum atomic E-state index is -0.190. The zero-order chi connectivity index (χ0) is 9.84. The van der Waals surface area contributed by atoms with E-state index in [2.05, 4.69) is 5.43 Å². The van der Waals surface area contributed by atoms with Crippen molar-refractivity contribution >= 4 is 5.91 Å². The first kappa shape index (κ1) is 9.74. The van der Waals surface area contributed by atoms with E-state index in [0.717, 1.165) is 11.1 Å². The lowest BCUT2D eigenvalue weighted by molar-refractivity contribution is -0.122. The summed E-state index contributed by atoms with van der Waals surface area (Å²) in [6.45, 7) is 3.83. The van der Waals surface area contributed by atoms with E-state index >= 15 is 0 Å². The molecule has 0 spiro atoms. The molecule has 1 unspecified atom stereocenters. The molecule has 1 amide bonds. The first-order chi connectivity index (χ1) is 6.15. The zero-order valence-corrected chi connectivity index (χ0v) is 7.87. The van der Waals surface area contributed by atoms with Gasteiger partial charge in [0.1, 0.15) is 0 Å². The molecule has 70 valence electrons. The lowest BCUT2D eigenvalue weighted by Crippen LogP contribution is -2.33. The second-order valence-corrected chi connectivity index (χ2v) is 3.14. The van der Waals surface area contributed by atoms with Gasteiger partial charge >= 0.3 is 0 Å². The van der Waals surface area contributed by atoms with Crippen molar-refractivity contribution in [3.8, 4) is 0 Å². The highest BCUT2D eigenvalue weighted by Crippen LogP contribution is 2.15. The average molecular weight is 178 g/mol. The molecule has 0 aliphatic heterocycles. The third-order valence-corrected chi connectivity index (χ3v) is 2.08. The number of hydrogen-bond donors (Lipinski definition) is 2. The molecule has 0 heterocycles. The van der Waals surface area contributed by atoms with Crippen molar-refractivity contribution in [2.75, 3.05) is 0 Å². The zero-order valence-electron chi connectivity index (χ0n) is 7.87. The lowest BCUT2D eigenvalue weighted by atomic mass is 9.99. The van der Waals surface area contributed by atoms with Gasteiger partial charge < -0.3 is 0 Å². The molecule has 0 aliphatic carbocycles. The van der Waals surface area contributed by atoms with Crippen molar-refractivity contribution in [1.29, 1.82) is 0 Å². The van der Waals surface area contributed by atoms with Crippen molar-refractivity contribution in [1.82, 2.24) is 5.43 Å². The van der Waals surface area contributed by atoms with Gasteiger partial charge in [-0.05, 0) is 19.4 Å². The van der Waals surface area contributed by atoms with Gasteiger partial charge in [0, 0.05) is 0 Å². The van der Waals surface area contributed by atoms with Gasteiger partial charge in [-0.3, -0.25) is 10.2 Å². The third-order valence-electron chi connectivity index (χ3n) is 2.08. The molecular formula is C10H14N2O. The van der Waals surface area contributed by atoms with Crippen LogP contribution in [0.1, 0.15) is 24.0 Å². The smallest absolute Gasteiger partial charge is 0.241 e. The number of amides is 1. The van der Waals surface area contributed by atoms with E-state index in [1.165, 1.54) is 0 Å². The number of rotatable bonds is 2. The van der Waals surface area contributed by atoms with E-state index in [0.29, 0.717) is 0 Å². The Labute approximate surface area is 77.9 Å². The Morgan fingerprint density at radius 2 is 2.23 bits per heavy atom. The number of aryl methyl sites for hydroxylation is 1. The average Bonchev–Trinajstić information content (AvgIpc) is 2.15. The number of nitrogens with one attached hydrogen (secondary N) is 1. The van der Waals surface area contributed by atoms with Crippen LogP contribution < -0.4 is 11.3 Å². The highest BCUT2D eigenvalue weighted by Gasteiger charge is 2.13. The molecular weight excluding hydrogens is 164 g/mol. The van der Waals surface area contributed by atoms with Crippen LogP contribution in [-0.4, -0.2) is 5.91 Å². The minimum Gasteiger partial charge on any atom is -0.294 e. The summed E-state index contributed by atoms with van der Waals surface area (Å²) in [6, 6.07) is 7.84. The Balaban J connectivity index is 2.88. The van der Waals surface area contributed by atoms with Crippen LogP contribution in [0.5, 0.6) is 0 Å². The van der Waals surface area contributed by atoms with Gasteiger partial charge in [0.15, 0.2) is 0 Å².